The van der Waals surface area contributed by atoms with Crippen LogP contribution in [0.25, 0.3) is 0 Å². The number of halogens is 2. The number of hydrogen-bond acceptors (Lipinski definition) is 2. The number of rotatable bonds is 2. The highest BCUT2D eigenvalue weighted by atomic mass is 35.5. The van der Waals surface area contributed by atoms with Gasteiger partial charge in [-0.05, 0) is 35.6 Å². The number of benzene rings is 1. The molecule has 0 unspecified atom stereocenters. The lowest BCUT2D eigenvalue weighted by atomic mass is 9.79. The molecule has 0 spiro atoms. The summed E-state index contributed by atoms with van der Waals surface area (Å²) >= 11 is 0. The molecule has 4 heteroatoms. The van der Waals surface area contributed by atoms with Crippen LogP contribution in [0, 0.1) is 18.2 Å². The van der Waals surface area contributed by atoms with Crippen molar-refractivity contribution in [3.05, 3.63) is 35.1 Å². The van der Waals surface area contributed by atoms with E-state index in [4.69, 9.17) is 0 Å². The molecule has 1 saturated heterocycles. The summed E-state index contributed by atoms with van der Waals surface area (Å²) in [5.74, 6) is -0.144. The summed E-state index contributed by atoms with van der Waals surface area (Å²) in [6.07, 6.45) is 0. The maximum Gasteiger partial charge on any atom is 0.123 e. The van der Waals surface area contributed by atoms with E-state index < -0.39 is 0 Å². The molecule has 1 heterocycles. The van der Waals surface area contributed by atoms with Crippen LogP contribution in [0.1, 0.15) is 37.9 Å². The van der Waals surface area contributed by atoms with Gasteiger partial charge in [0.2, 0.25) is 0 Å². The number of nitrogens with one attached hydrogen (secondary N) is 1. The standard InChI is InChI=1S/C16H25FN2.ClH/c1-12-11-13(17)5-6-14(12)15(16(2,3)4)19-9-7-18-8-10-19;/h5-6,11,15,18H,7-10H2,1-4H3;1H/t15-;/m0./s1. The van der Waals surface area contributed by atoms with E-state index in [0.717, 1.165) is 31.7 Å². The Labute approximate surface area is 128 Å². The number of aryl methyl sites for hydroxylation is 1. The van der Waals surface area contributed by atoms with Crippen LogP contribution in [0.5, 0.6) is 0 Å². The van der Waals surface area contributed by atoms with Gasteiger partial charge in [-0.2, -0.15) is 0 Å². The molecule has 1 aromatic rings. The molecule has 1 fully saturated rings. The molecule has 0 amide bonds. The zero-order valence-corrected chi connectivity index (χ0v) is 13.7. The summed E-state index contributed by atoms with van der Waals surface area (Å²) in [6, 6.07) is 5.54. The average molecular weight is 301 g/mol. The Kier molecular flexibility index (Phi) is 5.99. The highest BCUT2D eigenvalue weighted by Gasteiger charge is 2.33. The molecule has 114 valence electrons. The first kappa shape index (κ1) is 17.4. The molecule has 20 heavy (non-hydrogen) atoms. The van der Waals surface area contributed by atoms with Crippen molar-refractivity contribution in [1.82, 2.24) is 10.2 Å². The normalized spacial score (nSPS) is 18.4. The fourth-order valence-electron chi connectivity index (χ4n) is 3.10. The van der Waals surface area contributed by atoms with Crippen LogP contribution in [0.15, 0.2) is 18.2 Å². The Morgan fingerprint density at radius 1 is 1.20 bits per heavy atom. The van der Waals surface area contributed by atoms with Gasteiger partial charge in [0.25, 0.3) is 0 Å². The highest BCUT2D eigenvalue weighted by molar-refractivity contribution is 5.85. The Bertz CT molecular complexity index is 437. The van der Waals surface area contributed by atoms with Crippen LogP contribution < -0.4 is 5.32 Å². The van der Waals surface area contributed by atoms with Crippen molar-refractivity contribution in [3.63, 3.8) is 0 Å². The first-order valence-electron chi connectivity index (χ1n) is 7.10. The predicted molar refractivity (Wildman–Crippen MR) is 85.0 cm³/mol. The molecule has 0 aliphatic carbocycles. The van der Waals surface area contributed by atoms with E-state index in [1.807, 2.05) is 13.0 Å². The van der Waals surface area contributed by atoms with Crippen LogP contribution in [0.3, 0.4) is 0 Å². The minimum absolute atomic E-state index is 0. The lowest BCUT2D eigenvalue weighted by molar-refractivity contribution is 0.0857. The van der Waals surface area contributed by atoms with Crippen LogP contribution in [0.2, 0.25) is 0 Å². The summed E-state index contributed by atoms with van der Waals surface area (Å²) < 4.78 is 13.3. The summed E-state index contributed by atoms with van der Waals surface area (Å²) in [6.45, 7) is 13.0. The maximum atomic E-state index is 13.3. The van der Waals surface area contributed by atoms with Gasteiger partial charge in [-0.3, -0.25) is 4.90 Å². The quantitative estimate of drug-likeness (QED) is 0.898. The van der Waals surface area contributed by atoms with E-state index in [-0.39, 0.29) is 23.6 Å². The van der Waals surface area contributed by atoms with Crippen LogP contribution >= 0.6 is 12.4 Å². The molecular weight excluding hydrogens is 275 g/mol. The molecule has 1 atom stereocenters. The van der Waals surface area contributed by atoms with Crippen molar-refractivity contribution in [2.24, 2.45) is 5.41 Å². The van der Waals surface area contributed by atoms with Crippen molar-refractivity contribution in [2.75, 3.05) is 26.2 Å². The Morgan fingerprint density at radius 2 is 1.80 bits per heavy atom. The van der Waals surface area contributed by atoms with Gasteiger partial charge in [-0.15, -0.1) is 12.4 Å². The van der Waals surface area contributed by atoms with Crippen LogP contribution in [-0.4, -0.2) is 31.1 Å². The molecule has 0 radical (unpaired) electrons. The molecule has 0 bridgehead atoms. The number of piperazine rings is 1. The smallest absolute Gasteiger partial charge is 0.123 e. The van der Waals surface area contributed by atoms with Crippen LogP contribution in [0.4, 0.5) is 4.39 Å². The van der Waals surface area contributed by atoms with Crippen molar-refractivity contribution in [2.45, 2.75) is 33.7 Å². The molecule has 1 aromatic carbocycles. The second-order valence-electron chi connectivity index (χ2n) is 6.56. The molecule has 1 aliphatic heterocycles. The van der Waals surface area contributed by atoms with Gasteiger partial charge in [0.1, 0.15) is 5.82 Å². The Balaban J connectivity index is 0.00000200. The van der Waals surface area contributed by atoms with E-state index in [1.54, 1.807) is 12.1 Å². The third-order valence-corrected chi connectivity index (χ3v) is 3.86. The monoisotopic (exact) mass is 300 g/mol. The SMILES string of the molecule is Cc1cc(F)ccc1[C@H](N1CCNCC1)C(C)(C)C.Cl. The summed E-state index contributed by atoms with van der Waals surface area (Å²) in [5, 5.41) is 3.39. The molecule has 2 nitrogen and oxygen atoms in total. The molecule has 1 aliphatic rings. The minimum atomic E-state index is -0.144. The lowest BCUT2D eigenvalue weighted by Gasteiger charge is -2.43. The van der Waals surface area contributed by atoms with Gasteiger partial charge in [0.05, 0.1) is 0 Å². The predicted octanol–water partition coefficient (Wildman–Crippen LogP) is 3.55. The second kappa shape index (κ2) is 6.88. The lowest BCUT2D eigenvalue weighted by Crippen LogP contribution is -2.48. The Hall–Kier alpha value is -0.640. The summed E-state index contributed by atoms with van der Waals surface area (Å²) in [5.41, 5.74) is 2.45. The zero-order valence-electron chi connectivity index (χ0n) is 12.9. The van der Waals surface area contributed by atoms with E-state index in [9.17, 15) is 4.39 Å². The average Bonchev–Trinajstić information content (AvgIpc) is 2.32. The zero-order chi connectivity index (χ0) is 14.0. The van der Waals surface area contributed by atoms with Crippen molar-refractivity contribution in [3.8, 4) is 0 Å². The van der Waals surface area contributed by atoms with Crippen molar-refractivity contribution < 1.29 is 4.39 Å². The largest absolute Gasteiger partial charge is 0.314 e. The summed E-state index contributed by atoms with van der Waals surface area (Å²) in [4.78, 5) is 2.52. The number of hydrogen-bond donors (Lipinski definition) is 1. The molecule has 0 aromatic heterocycles. The van der Waals surface area contributed by atoms with E-state index in [1.165, 1.54) is 5.56 Å². The third-order valence-electron chi connectivity index (χ3n) is 3.86. The maximum absolute atomic E-state index is 13.3. The van der Waals surface area contributed by atoms with E-state index in [0.29, 0.717) is 6.04 Å². The molecular formula is C16H26ClFN2. The van der Waals surface area contributed by atoms with Gasteiger partial charge in [0.15, 0.2) is 0 Å². The van der Waals surface area contributed by atoms with Crippen molar-refractivity contribution >= 4 is 12.4 Å². The van der Waals surface area contributed by atoms with Crippen molar-refractivity contribution in [1.29, 1.82) is 0 Å². The molecule has 2 rings (SSSR count). The Morgan fingerprint density at radius 3 is 2.30 bits per heavy atom. The molecule has 1 N–H and O–H groups in total. The first-order chi connectivity index (χ1) is 8.89. The second-order valence-corrected chi connectivity index (χ2v) is 6.56. The van der Waals surface area contributed by atoms with Gasteiger partial charge < -0.3 is 5.32 Å². The van der Waals surface area contributed by atoms with Gasteiger partial charge in [-0.25, -0.2) is 4.39 Å². The van der Waals surface area contributed by atoms with Crippen LogP contribution in [-0.2, 0) is 0 Å². The minimum Gasteiger partial charge on any atom is -0.314 e. The van der Waals surface area contributed by atoms with Gasteiger partial charge in [-0.1, -0.05) is 26.8 Å². The first-order valence-corrected chi connectivity index (χ1v) is 7.10. The highest BCUT2D eigenvalue weighted by Crippen LogP contribution is 2.39. The van der Waals surface area contributed by atoms with E-state index in [2.05, 4.69) is 31.0 Å². The van der Waals surface area contributed by atoms with Gasteiger partial charge >= 0.3 is 0 Å². The molecule has 0 saturated carbocycles. The number of nitrogens with zero attached hydrogens (tertiary/aromatic N) is 1. The van der Waals surface area contributed by atoms with E-state index >= 15 is 0 Å². The fourth-order valence-corrected chi connectivity index (χ4v) is 3.10. The topological polar surface area (TPSA) is 15.3 Å². The van der Waals surface area contributed by atoms with Gasteiger partial charge in [0, 0.05) is 32.2 Å². The summed E-state index contributed by atoms with van der Waals surface area (Å²) in [7, 11) is 0. The third kappa shape index (κ3) is 3.94. The fraction of sp³-hybridized carbons (Fsp3) is 0.625.